The Kier molecular flexibility index (Phi) is 6.55. The summed E-state index contributed by atoms with van der Waals surface area (Å²) in [5.41, 5.74) is 0.946. The van der Waals surface area contributed by atoms with Crippen LogP contribution in [0.25, 0.3) is 0 Å². The van der Waals surface area contributed by atoms with E-state index in [-0.39, 0.29) is 19.8 Å². The second-order valence-corrected chi connectivity index (χ2v) is 7.16. The van der Waals surface area contributed by atoms with Gasteiger partial charge in [-0.1, -0.05) is 0 Å². The number of ether oxygens (including phenoxy) is 1. The molecule has 0 spiro atoms. The van der Waals surface area contributed by atoms with E-state index in [4.69, 9.17) is 4.74 Å². The molecule has 2 aromatic rings. The minimum atomic E-state index is -0.511. The van der Waals surface area contributed by atoms with Crippen molar-refractivity contribution < 1.29 is 9.84 Å². The molecule has 2 aromatic carbocycles. The molecule has 0 bridgehead atoms. The zero-order valence-electron chi connectivity index (χ0n) is 12.1. The van der Waals surface area contributed by atoms with Gasteiger partial charge in [0.25, 0.3) is 0 Å². The Hall–Kier alpha value is -1.54. The van der Waals surface area contributed by atoms with Gasteiger partial charge in [-0.2, -0.15) is 0 Å². The summed E-state index contributed by atoms with van der Waals surface area (Å²) in [6, 6.07) is 20.1. The molecule has 2 rings (SSSR count). The van der Waals surface area contributed by atoms with Crippen molar-refractivity contribution in [3.05, 3.63) is 78.6 Å². The fraction of sp³-hybridized carbons (Fsp3) is 0.222. The van der Waals surface area contributed by atoms with Gasteiger partial charge in [0.1, 0.15) is 0 Å². The number of hydrogen-bond acceptors (Lipinski definition) is 2. The van der Waals surface area contributed by atoms with Crippen LogP contribution in [0, 0.1) is 0 Å². The summed E-state index contributed by atoms with van der Waals surface area (Å²) < 4.78 is 6.58. The van der Waals surface area contributed by atoms with Crippen molar-refractivity contribution in [2.75, 3.05) is 6.61 Å². The fourth-order valence-corrected chi connectivity index (χ4v) is 4.15. The molecule has 0 aromatic heterocycles. The second-order valence-electron chi connectivity index (χ2n) is 4.53. The molecule has 0 aliphatic heterocycles. The molecule has 3 heteroatoms. The van der Waals surface area contributed by atoms with Gasteiger partial charge in [0, 0.05) is 0 Å². The first kappa shape index (κ1) is 15.8. The van der Waals surface area contributed by atoms with Crippen LogP contribution in [-0.4, -0.2) is 26.7 Å². The molecular weight excluding hydrogens is 327 g/mol. The maximum absolute atomic E-state index is 10.6. The normalized spacial score (nSPS) is 14.0. The van der Waals surface area contributed by atoms with Gasteiger partial charge in [0.15, 0.2) is 0 Å². The quantitative estimate of drug-likeness (QED) is 0.616. The Labute approximate surface area is 132 Å². The topological polar surface area (TPSA) is 29.5 Å². The van der Waals surface area contributed by atoms with Gasteiger partial charge in [-0.25, -0.2) is 0 Å². The Morgan fingerprint density at radius 2 is 1.67 bits per heavy atom. The molecule has 0 radical (unpaired) electrons. The summed E-state index contributed by atoms with van der Waals surface area (Å²) in [7, 11) is 0. The van der Waals surface area contributed by atoms with E-state index in [1.54, 1.807) is 6.26 Å². The molecule has 0 heterocycles. The Balaban J connectivity index is 2.15. The first-order valence-corrected chi connectivity index (χ1v) is 8.89. The van der Waals surface area contributed by atoms with Gasteiger partial charge in [0.05, 0.1) is 0 Å². The van der Waals surface area contributed by atoms with Gasteiger partial charge in [-0.3, -0.25) is 0 Å². The second kappa shape index (κ2) is 8.68. The molecule has 0 aliphatic carbocycles. The van der Waals surface area contributed by atoms with Crippen LogP contribution in [0.4, 0.5) is 0 Å². The summed E-state index contributed by atoms with van der Waals surface area (Å²) in [6.07, 6.45) is 3.18. The van der Waals surface area contributed by atoms with Crippen LogP contribution < -0.4 is 4.46 Å². The van der Waals surface area contributed by atoms with E-state index in [1.807, 2.05) is 61.5 Å². The monoisotopic (exact) mass is 348 g/mol. The Morgan fingerprint density at radius 3 is 2.29 bits per heavy atom. The average Bonchev–Trinajstić information content (AvgIpc) is 2.55. The average molecular weight is 347 g/mol. The van der Waals surface area contributed by atoms with E-state index in [1.165, 1.54) is 4.46 Å². The first-order chi connectivity index (χ1) is 10.3. The molecule has 110 valence electrons. The molecule has 0 amide bonds. The third-order valence-corrected chi connectivity index (χ3v) is 5.58. The van der Waals surface area contributed by atoms with Gasteiger partial charge in [-0.15, -0.1) is 0 Å². The van der Waals surface area contributed by atoms with Crippen LogP contribution in [0.15, 0.2) is 73.0 Å². The van der Waals surface area contributed by atoms with Crippen LogP contribution in [0.2, 0.25) is 4.82 Å². The standard InChI is InChI=1S/C18H20O2Se/c1-2-20-14-13-17(21-16-11-7-4-8-12-16)18(19)15-9-5-3-6-10-15/h3-14,17-19H,2H2,1H3/b14-13+/t17-,18-/m0/s1. The van der Waals surface area contributed by atoms with Crippen LogP contribution in [0.5, 0.6) is 0 Å². The van der Waals surface area contributed by atoms with Crippen molar-refractivity contribution in [3.8, 4) is 0 Å². The van der Waals surface area contributed by atoms with E-state index in [2.05, 4.69) is 12.1 Å². The molecule has 2 atom stereocenters. The third kappa shape index (κ3) is 5.05. The predicted octanol–water partition coefficient (Wildman–Crippen LogP) is 3.09. The molecule has 0 saturated carbocycles. The van der Waals surface area contributed by atoms with Crippen molar-refractivity contribution >= 4 is 19.4 Å². The van der Waals surface area contributed by atoms with Crippen LogP contribution in [-0.2, 0) is 4.74 Å². The SMILES string of the molecule is CCO/C=C/[C@H]([Se]c1ccccc1)[C@@H](O)c1ccccc1. The summed E-state index contributed by atoms with van der Waals surface area (Å²) in [6.45, 7) is 2.60. The number of hydrogen-bond donors (Lipinski definition) is 1. The van der Waals surface area contributed by atoms with E-state index >= 15 is 0 Å². The first-order valence-electron chi connectivity index (χ1n) is 7.04. The van der Waals surface area contributed by atoms with E-state index < -0.39 is 6.10 Å². The van der Waals surface area contributed by atoms with Crippen molar-refractivity contribution in [2.24, 2.45) is 0 Å². The number of benzene rings is 2. The molecule has 2 nitrogen and oxygen atoms in total. The van der Waals surface area contributed by atoms with Gasteiger partial charge >= 0.3 is 132 Å². The minimum absolute atomic E-state index is 0.0499. The van der Waals surface area contributed by atoms with E-state index in [9.17, 15) is 5.11 Å². The Bertz CT molecular complexity index is 540. The van der Waals surface area contributed by atoms with Gasteiger partial charge < -0.3 is 0 Å². The summed E-state index contributed by atoms with van der Waals surface area (Å²) in [4.78, 5) is 0.0499. The van der Waals surface area contributed by atoms with E-state index in [0.717, 1.165) is 5.56 Å². The molecule has 0 aliphatic rings. The fourth-order valence-electron chi connectivity index (χ4n) is 1.93. The van der Waals surface area contributed by atoms with Crippen molar-refractivity contribution in [3.63, 3.8) is 0 Å². The van der Waals surface area contributed by atoms with Crippen LogP contribution in [0.1, 0.15) is 18.6 Å². The van der Waals surface area contributed by atoms with Crippen molar-refractivity contribution in [2.45, 2.75) is 17.8 Å². The third-order valence-electron chi connectivity index (χ3n) is 3.00. The zero-order chi connectivity index (χ0) is 14.9. The zero-order valence-corrected chi connectivity index (χ0v) is 13.8. The van der Waals surface area contributed by atoms with Crippen LogP contribution in [0.3, 0.4) is 0 Å². The number of rotatable bonds is 7. The van der Waals surface area contributed by atoms with E-state index in [0.29, 0.717) is 6.61 Å². The molecule has 0 fully saturated rings. The molecule has 0 unspecified atom stereocenters. The maximum atomic E-state index is 10.6. The van der Waals surface area contributed by atoms with Gasteiger partial charge in [-0.05, 0) is 0 Å². The summed E-state index contributed by atoms with van der Waals surface area (Å²) in [5, 5.41) is 10.6. The molecule has 21 heavy (non-hydrogen) atoms. The molecule has 1 N–H and O–H groups in total. The Morgan fingerprint density at radius 1 is 1.05 bits per heavy atom. The van der Waals surface area contributed by atoms with Crippen LogP contribution >= 0.6 is 0 Å². The molecular formula is C18H20O2Se. The summed E-state index contributed by atoms with van der Waals surface area (Å²) in [5.74, 6) is 0. The summed E-state index contributed by atoms with van der Waals surface area (Å²) >= 11 is 0.143. The number of aliphatic hydroxyl groups excluding tert-OH is 1. The van der Waals surface area contributed by atoms with Crippen molar-refractivity contribution in [1.29, 1.82) is 0 Å². The van der Waals surface area contributed by atoms with Gasteiger partial charge in [0.2, 0.25) is 0 Å². The van der Waals surface area contributed by atoms with Crippen molar-refractivity contribution in [1.82, 2.24) is 0 Å². The molecule has 0 saturated heterocycles. The number of aliphatic hydroxyl groups is 1. The predicted molar refractivity (Wildman–Crippen MR) is 87.7 cm³/mol.